The molecule has 0 saturated carbocycles. The van der Waals surface area contributed by atoms with Crippen LogP contribution in [0.25, 0.3) is 11.3 Å². The largest absolute Gasteiger partial charge is 0.469 e. The van der Waals surface area contributed by atoms with Gasteiger partial charge in [-0.1, -0.05) is 29.3 Å². The number of aromatic nitrogens is 2. The Kier molecular flexibility index (Phi) is 6.98. The van der Waals surface area contributed by atoms with Crippen LogP contribution in [0.4, 0.5) is 8.78 Å². The van der Waals surface area contributed by atoms with Crippen molar-refractivity contribution < 1.29 is 27.8 Å². The fourth-order valence-corrected chi connectivity index (χ4v) is 2.72. The van der Waals surface area contributed by atoms with E-state index in [-0.39, 0.29) is 40.1 Å². The lowest BCUT2D eigenvalue weighted by molar-refractivity contribution is -0.140. The van der Waals surface area contributed by atoms with Gasteiger partial charge in [0.2, 0.25) is 5.88 Å². The molecule has 0 aliphatic rings. The van der Waals surface area contributed by atoms with Gasteiger partial charge in [-0.05, 0) is 12.1 Å². The van der Waals surface area contributed by atoms with Crippen LogP contribution >= 0.6 is 23.2 Å². The van der Waals surface area contributed by atoms with Crippen molar-refractivity contribution in [3.8, 4) is 17.1 Å². The molecule has 27 heavy (non-hydrogen) atoms. The highest BCUT2D eigenvalue weighted by atomic mass is 35.5. The molecule has 0 atom stereocenters. The molecule has 0 radical (unpaired) electrons. The lowest BCUT2D eigenvalue weighted by Gasteiger charge is -2.08. The Morgan fingerprint density at radius 2 is 2.04 bits per heavy atom. The summed E-state index contributed by atoms with van der Waals surface area (Å²) in [6.07, 6.45) is -0.0000538. The van der Waals surface area contributed by atoms with E-state index in [0.717, 1.165) is 4.68 Å². The lowest BCUT2D eigenvalue weighted by Crippen LogP contribution is -2.26. The number of carbonyl (C=O) groups excluding carboxylic acids is 2. The summed E-state index contributed by atoms with van der Waals surface area (Å²) >= 11 is 12.1. The van der Waals surface area contributed by atoms with E-state index in [9.17, 15) is 18.4 Å². The van der Waals surface area contributed by atoms with Gasteiger partial charge in [-0.2, -0.15) is 13.9 Å². The van der Waals surface area contributed by atoms with Crippen molar-refractivity contribution in [3.05, 3.63) is 33.8 Å². The third kappa shape index (κ3) is 5.08. The van der Waals surface area contributed by atoms with E-state index in [4.69, 9.17) is 23.2 Å². The van der Waals surface area contributed by atoms with Gasteiger partial charge in [0.1, 0.15) is 10.7 Å². The maximum absolute atomic E-state index is 12.5. The lowest BCUT2D eigenvalue weighted by atomic mass is 10.1. The first-order chi connectivity index (χ1) is 12.7. The molecule has 0 unspecified atom stereocenters. The monoisotopic (exact) mass is 421 g/mol. The van der Waals surface area contributed by atoms with Crippen molar-refractivity contribution in [2.24, 2.45) is 7.05 Å². The molecule has 0 aliphatic carbocycles. The molecule has 1 N–H and O–H groups in total. The predicted molar refractivity (Wildman–Crippen MR) is 94.3 cm³/mol. The van der Waals surface area contributed by atoms with Crippen LogP contribution in [0.3, 0.4) is 0 Å². The summed E-state index contributed by atoms with van der Waals surface area (Å²) in [6, 6.07) is 4.40. The highest BCUT2D eigenvalue weighted by Crippen LogP contribution is 2.36. The van der Waals surface area contributed by atoms with Gasteiger partial charge in [-0.3, -0.25) is 9.59 Å². The zero-order chi connectivity index (χ0) is 20.1. The molecule has 0 bridgehead atoms. The average molecular weight is 422 g/mol. The molecule has 7 nitrogen and oxygen atoms in total. The average Bonchev–Trinajstić information content (AvgIpc) is 2.89. The number of amides is 1. The number of esters is 1. The Hall–Kier alpha value is -2.39. The van der Waals surface area contributed by atoms with Crippen molar-refractivity contribution in [1.82, 2.24) is 15.1 Å². The minimum atomic E-state index is -3.06. The van der Waals surface area contributed by atoms with Gasteiger partial charge in [0.25, 0.3) is 5.91 Å². The molecule has 11 heteroatoms. The topological polar surface area (TPSA) is 82.5 Å². The maximum atomic E-state index is 12.5. The highest BCUT2D eigenvalue weighted by molar-refractivity contribution is 6.35. The number of rotatable bonds is 7. The first kappa shape index (κ1) is 20.9. The fourth-order valence-electron chi connectivity index (χ4n) is 2.20. The summed E-state index contributed by atoms with van der Waals surface area (Å²) in [7, 11) is 2.64. The van der Waals surface area contributed by atoms with Crippen molar-refractivity contribution in [1.29, 1.82) is 0 Å². The summed E-state index contributed by atoms with van der Waals surface area (Å²) in [6.45, 7) is -3.00. The van der Waals surface area contributed by atoms with Gasteiger partial charge < -0.3 is 14.8 Å². The van der Waals surface area contributed by atoms with Crippen LogP contribution in [0.2, 0.25) is 10.0 Å². The van der Waals surface area contributed by atoms with Crippen LogP contribution in [0, 0.1) is 0 Å². The number of ether oxygens (including phenoxy) is 2. The van der Waals surface area contributed by atoms with Crippen LogP contribution in [-0.4, -0.2) is 41.9 Å². The SMILES string of the molecule is COC(=O)CCNC(=O)c1cc(-c2nn(C)c(OC(F)F)c2Cl)ccc1Cl. The van der Waals surface area contributed by atoms with Gasteiger partial charge in [-0.25, -0.2) is 4.68 Å². The Bertz CT molecular complexity index is 858. The van der Waals surface area contributed by atoms with Crippen LogP contribution in [0.1, 0.15) is 16.8 Å². The number of carbonyl (C=O) groups is 2. The fraction of sp³-hybridized carbons (Fsp3) is 0.312. The van der Waals surface area contributed by atoms with Gasteiger partial charge in [0, 0.05) is 19.2 Å². The quantitative estimate of drug-likeness (QED) is 0.693. The normalized spacial score (nSPS) is 10.8. The zero-order valence-corrected chi connectivity index (χ0v) is 15.8. The second-order valence-corrected chi connectivity index (χ2v) is 6.03. The molecule has 1 aromatic carbocycles. The summed E-state index contributed by atoms with van der Waals surface area (Å²) in [5.41, 5.74) is 0.634. The Morgan fingerprint density at radius 3 is 2.67 bits per heavy atom. The van der Waals surface area contributed by atoms with Crippen LogP contribution in [0.15, 0.2) is 18.2 Å². The number of halogens is 4. The van der Waals surface area contributed by atoms with Crippen LogP contribution in [-0.2, 0) is 16.6 Å². The first-order valence-corrected chi connectivity index (χ1v) is 8.32. The smallest absolute Gasteiger partial charge is 0.388 e. The van der Waals surface area contributed by atoms with Crippen molar-refractivity contribution in [2.45, 2.75) is 13.0 Å². The number of hydrogen-bond donors (Lipinski definition) is 1. The summed E-state index contributed by atoms with van der Waals surface area (Å²) in [5, 5.41) is 6.61. The third-order valence-electron chi connectivity index (χ3n) is 3.47. The number of alkyl halides is 2. The van der Waals surface area contributed by atoms with Gasteiger partial charge in [-0.15, -0.1) is 0 Å². The zero-order valence-electron chi connectivity index (χ0n) is 14.3. The van der Waals surface area contributed by atoms with Gasteiger partial charge in [0.15, 0.2) is 0 Å². The summed E-state index contributed by atoms with van der Waals surface area (Å²) in [4.78, 5) is 23.4. The summed E-state index contributed by atoms with van der Waals surface area (Å²) < 4.78 is 34.9. The molecule has 2 rings (SSSR count). The maximum Gasteiger partial charge on any atom is 0.388 e. The van der Waals surface area contributed by atoms with E-state index in [1.165, 1.54) is 32.4 Å². The number of aryl methyl sites for hydroxylation is 1. The molecule has 1 aromatic heterocycles. The molecule has 0 fully saturated rings. The number of nitrogens with zero attached hydrogens (tertiary/aromatic N) is 2. The first-order valence-electron chi connectivity index (χ1n) is 7.56. The van der Waals surface area contributed by atoms with Crippen LogP contribution < -0.4 is 10.1 Å². The Balaban J connectivity index is 2.27. The number of hydrogen-bond acceptors (Lipinski definition) is 5. The summed E-state index contributed by atoms with van der Waals surface area (Å²) in [5.74, 6) is -1.30. The molecule has 0 saturated heterocycles. The Morgan fingerprint density at radius 1 is 1.33 bits per heavy atom. The minimum Gasteiger partial charge on any atom is -0.469 e. The van der Waals surface area contributed by atoms with E-state index in [0.29, 0.717) is 5.56 Å². The number of benzene rings is 1. The molecular formula is C16H15Cl2F2N3O4. The molecule has 1 amide bonds. The number of methoxy groups -OCH3 is 1. The van der Waals surface area contributed by atoms with E-state index in [1.807, 2.05) is 0 Å². The second kappa shape index (κ2) is 9.01. The third-order valence-corrected chi connectivity index (χ3v) is 4.14. The highest BCUT2D eigenvalue weighted by Gasteiger charge is 2.21. The van der Waals surface area contributed by atoms with E-state index in [1.54, 1.807) is 0 Å². The van der Waals surface area contributed by atoms with Gasteiger partial charge in [0.05, 0.1) is 24.1 Å². The molecule has 0 aliphatic heterocycles. The van der Waals surface area contributed by atoms with Crippen molar-refractivity contribution in [2.75, 3.05) is 13.7 Å². The molecule has 146 valence electrons. The van der Waals surface area contributed by atoms with E-state index < -0.39 is 18.5 Å². The Labute approximate surface area is 163 Å². The van der Waals surface area contributed by atoms with E-state index >= 15 is 0 Å². The standard InChI is InChI=1S/C16H15Cl2F2N3O4/c1-23-15(27-16(19)20)12(18)13(22-23)8-3-4-10(17)9(7-8)14(25)21-6-5-11(24)26-2/h3-4,7,16H,5-6H2,1-2H3,(H,21,25). The molecule has 1 heterocycles. The van der Waals surface area contributed by atoms with E-state index in [2.05, 4.69) is 19.9 Å². The number of nitrogens with one attached hydrogen (secondary N) is 1. The minimum absolute atomic E-state index is 0.0000538. The molecule has 0 spiro atoms. The van der Waals surface area contributed by atoms with Crippen molar-refractivity contribution >= 4 is 35.1 Å². The predicted octanol–water partition coefficient (Wildman–Crippen LogP) is 3.29. The van der Waals surface area contributed by atoms with Gasteiger partial charge >= 0.3 is 12.6 Å². The van der Waals surface area contributed by atoms with Crippen LogP contribution in [0.5, 0.6) is 5.88 Å². The van der Waals surface area contributed by atoms with Crippen molar-refractivity contribution in [3.63, 3.8) is 0 Å². The second-order valence-electron chi connectivity index (χ2n) is 5.25. The molecular weight excluding hydrogens is 407 g/mol. The molecule has 2 aromatic rings.